The third kappa shape index (κ3) is 8.18. The van der Waals surface area contributed by atoms with E-state index in [2.05, 4.69) is 4.90 Å². The molecular weight excluding hydrogens is 170 g/mol. The Morgan fingerprint density at radius 3 is 2.54 bits per heavy atom. The number of hydrogen-bond acceptors (Lipinski definition) is 4. The Labute approximate surface area is 80.4 Å². The van der Waals surface area contributed by atoms with E-state index >= 15 is 0 Å². The van der Waals surface area contributed by atoms with Crippen LogP contribution in [-0.2, 0) is 9.47 Å². The molecule has 0 rings (SSSR count). The average molecular weight is 191 g/mol. The van der Waals surface area contributed by atoms with E-state index in [1.165, 1.54) is 0 Å². The smallest absolute Gasteiger partial charge is 0.0899 e. The lowest BCUT2D eigenvalue weighted by molar-refractivity contribution is 0.0417. The molecule has 0 aliphatic rings. The van der Waals surface area contributed by atoms with E-state index in [4.69, 9.17) is 9.47 Å². The molecule has 13 heavy (non-hydrogen) atoms. The summed E-state index contributed by atoms with van der Waals surface area (Å²) in [4.78, 5) is 2.07. The van der Waals surface area contributed by atoms with Gasteiger partial charge < -0.3 is 19.5 Å². The summed E-state index contributed by atoms with van der Waals surface area (Å²) in [6.07, 6.45) is 0.602. The van der Waals surface area contributed by atoms with Crippen LogP contribution in [0.1, 0.15) is 6.42 Å². The minimum atomic E-state index is -0.391. The molecule has 0 aliphatic carbocycles. The van der Waals surface area contributed by atoms with Gasteiger partial charge in [-0.2, -0.15) is 0 Å². The quantitative estimate of drug-likeness (QED) is 0.547. The van der Waals surface area contributed by atoms with E-state index in [0.29, 0.717) is 13.2 Å². The molecule has 0 aliphatic heterocycles. The molecule has 0 saturated carbocycles. The Kier molecular flexibility index (Phi) is 8.33. The number of rotatable bonds is 8. The minimum absolute atomic E-state index is 0.391. The summed E-state index contributed by atoms with van der Waals surface area (Å²) in [5, 5.41) is 9.38. The van der Waals surface area contributed by atoms with Crippen molar-refractivity contribution in [2.75, 3.05) is 47.6 Å². The molecule has 4 nitrogen and oxygen atoms in total. The summed E-state index contributed by atoms with van der Waals surface area (Å²) < 4.78 is 9.76. The molecule has 0 bridgehead atoms. The number of aliphatic hydroxyl groups excluding tert-OH is 1. The fraction of sp³-hybridized carbons (Fsp3) is 1.00. The second-order valence-corrected chi connectivity index (χ2v) is 3.22. The second-order valence-electron chi connectivity index (χ2n) is 3.22. The first-order valence-electron chi connectivity index (χ1n) is 4.55. The van der Waals surface area contributed by atoms with E-state index < -0.39 is 6.10 Å². The van der Waals surface area contributed by atoms with Gasteiger partial charge in [-0.05, 0) is 13.5 Å². The monoisotopic (exact) mass is 191 g/mol. The number of likely N-dealkylation sites (N-methyl/N-ethyl adjacent to an activating group) is 1. The number of methoxy groups -OCH3 is 2. The topological polar surface area (TPSA) is 41.9 Å². The van der Waals surface area contributed by atoms with Crippen LogP contribution in [0.5, 0.6) is 0 Å². The maximum atomic E-state index is 9.38. The zero-order valence-corrected chi connectivity index (χ0v) is 8.82. The summed E-state index contributed by atoms with van der Waals surface area (Å²) in [7, 11) is 5.27. The van der Waals surface area contributed by atoms with Gasteiger partial charge >= 0.3 is 0 Å². The zero-order chi connectivity index (χ0) is 10.1. The van der Waals surface area contributed by atoms with Gasteiger partial charge in [-0.3, -0.25) is 0 Å². The second kappa shape index (κ2) is 8.44. The van der Waals surface area contributed by atoms with Crippen molar-refractivity contribution in [3.8, 4) is 0 Å². The van der Waals surface area contributed by atoms with Crippen molar-refractivity contribution in [3.05, 3.63) is 0 Å². The summed E-state index contributed by atoms with van der Waals surface area (Å²) in [6, 6.07) is 0. The minimum Gasteiger partial charge on any atom is -0.389 e. The number of nitrogens with zero attached hydrogens (tertiary/aromatic N) is 1. The van der Waals surface area contributed by atoms with Crippen LogP contribution < -0.4 is 0 Å². The van der Waals surface area contributed by atoms with Gasteiger partial charge in [0.1, 0.15) is 0 Å². The van der Waals surface area contributed by atoms with Crippen LogP contribution in [0.2, 0.25) is 0 Å². The molecule has 0 aromatic heterocycles. The van der Waals surface area contributed by atoms with E-state index in [-0.39, 0.29) is 0 Å². The molecule has 4 heteroatoms. The third-order valence-corrected chi connectivity index (χ3v) is 1.77. The third-order valence-electron chi connectivity index (χ3n) is 1.77. The van der Waals surface area contributed by atoms with Crippen molar-refractivity contribution in [3.63, 3.8) is 0 Å². The first-order chi connectivity index (χ1) is 6.20. The Hall–Kier alpha value is -0.160. The van der Waals surface area contributed by atoms with Crippen LogP contribution in [-0.4, -0.2) is 63.7 Å². The van der Waals surface area contributed by atoms with Crippen molar-refractivity contribution in [1.82, 2.24) is 4.90 Å². The molecule has 0 saturated heterocycles. The molecule has 0 fully saturated rings. The highest BCUT2D eigenvalue weighted by molar-refractivity contribution is 4.60. The summed E-state index contributed by atoms with van der Waals surface area (Å²) >= 11 is 0. The highest BCUT2D eigenvalue weighted by Crippen LogP contribution is 1.92. The van der Waals surface area contributed by atoms with Crippen LogP contribution in [0.4, 0.5) is 0 Å². The Balaban J connectivity index is 3.32. The van der Waals surface area contributed by atoms with Crippen LogP contribution in [0.3, 0.4) is 0 Å². The molecular formula is C9H21NO3. The van der Waals surface area contributed by atoms with Crippen LogP contribution >= 0.6 is 0 Å². The Bertz CT molecular complexity index is 111. The highest BCUT2D eigenvalue weighted by atomic mass is 16.5. The summed E-state index contributed by atoms with van der Waals surface area (Å²) in [5.41, 5.74) is 0. The maximum absolute atomic E-state index is 9.38. The van der Waals surface area contributed by atoms with E-state index in [0.717, 1.165) is 19.6 Å². The van der Waals surface area contributed by atoms with E-state index in [1.54, 1.807) is 14.2 Å². The number of ether oxygens (including phenoxy) is 2. The van der Waals surface area contributed by atoms with Crippen LogP contribution in [0, 0.1) is 0 Å². The fourth-order valence-corrected chi connectivity index (χ4v) is 1.17. The molecule has 1 N–H and O–H groups in total. The highest BCUT2D eigenvalue weighted by Gasteiger charge is 2.06. The zero-order valence-electron chi connectivity index (χ0n) is 8.82. The van der Waals surface area contributed by atoms with Gasteiger partial charge in [-0.15, -0.1) is 0 Å². The van der Waals surface area contributed by atoms with E-state index in [1.807, 2.05) is 7.05 Å². The lowest BCUT2D eigenvalue weighted by Gasteiger charge is -2.19. The average Bonchev–Trinajstić information content (AvgIpc) is 2.05. The lowest BCUT2D eigenvalue weighted by atomic mass is 10.3. The van der Waals surface area contributed by atoms with Crippen molar-refractivity contribution < 1.29 is 14.6 Å². The van der Waals surface area contributed by atoms with Gasteiger partial charge in [0, 0.05) is 33.9 Å². The summed E-state index contributed by atoms with van der Waals surface area (Å²) in [5.74, 6) is 0. The standard InChI is InChI=1S/C9H21NO3/c1-10(5-4-6-12-2)7-9(11)8-13-3/h9,11H,4-8H2,1-3H3. The molecule has 0 aromatic rings. The maximum Gasteiger partial charge on any atom is 0.0899 e. The van der Waals surface area contributed by atoms with Gasteiger partial charge in [0.15, 0.2) is 0 Å². The molecule has 1 atom stereocenters. The van der Waals surface area contributed by atoms with Crippen molar-refractivity contribution >= 4 is 0 Å². The van der Waals surface area contributed by atoms with Gasteiger partial charge in [-0.25, -0.2) is 0 Å². The Morgan fingerprint density at radius 2 is 2.00 bits per heavy atom. The normalized spacial score (nSPS) is 13.6. The molecule has 80 valence electrons. The van der Waals surface area contributed by atoms with Gasteiger partial charge in [0.25, 0.3) is 0 Å². The van der Waals surface area contributed by atoms with Crippen molar-refractivity contribution in [2.24, 2.45) is 0 Å². The summed E-state index contributed by atoms with van der Waals surface area (Å²) in [6.45, 7) is 2.76. The molecule has 0 spiro atoms. The SMILES string of the molecule is COCCCN(C)CC(O)COC. The van der Waals surface area contributed by atoms with Gasteiger partial charge in [-0.1, -0.05) is 0 Å². The molecule has 0 aromatic carbocycles. The molecule has 0 amide bonds. The predicted octanol–water partition coefficient (Wildman–Crippen LogP) is -0.0380. The van der Waals surface area contributed by atoms with Crippen molar-refractivity contribution in [1.29, 1.82) is 0 Å². The Morgan fingerprint density at radius 1 is 1.31 bits per heavy atom. The van der Waals surface area contributed by atoms with E-state index in [9.17, 15) is 5.11 Å². The van der Waals surface area contributed by atoms with Gasteiger partial charge in [0.05, 0.1) is 12.7 Å². The lowest BCUT2D eigenvalue weighted by Crippen LogP contribution is -2.32. The predicted molar refractivity (Wildman–Crippen MR) is 51.9 cm³/mol. The fourth-order valence-electron chi connectivity index (χ4n) is 1.17. The van der Waals surface area contributed by atoms with Gasteiger partial charge in [0.2, 0.25) is 0 Å². The van der Waals surface area contributed by atoms with Crippen molar-refractivity contribution in [2.45, 2.75) is 12.5 Å². The molecule has 0 heterocycles. The largest absolute Gasteiger partial charge is 0.389 e. The number of aliphatic hydroxyl groups is 1. The van der Waals surface area contributed by atoms with Crippen LogP contribution in [0.15, 0.2) is 0 Å². The van der Waals surface area contributed by atoms with Crippen LogP contribution in [0.25, 0.3) is 0 Å². The molecule has 0 radical (unpaired) electrons. The first kappa shape index (κ1) is 12.8. The number of hydrogen-bond donors (Lipinski definition) is 1. The molecule has 1 unspecified atom stereocenters. The first-order valence-corrected chi connectivity index (χ1v) is 4.55.